The molecule has 8 heteroatoms. The number of fused-ring (bicyclic) bond motifs is 1. The fourth-order valence-electron chi connectivity index (χ4n) is 4.53. The van der Waals surface area contributed by atoms with E-state index in [1.807, 2.05) is 41.8 Å². The van der Waals surface area contributed by atoms with E-state index in [0.717, 1.165) is 28.4 Å². The number of nitrogens with zero attached hydrogens (tertiary/aromatic N) is 3. The Bertz CT molecular complexity index is 1220. The number of carbonyl (C=O) groups excluding carboxylic acids is 2. The van der Waals surface area contributed by atoms with Gasteiger partial charge in [0.1, 0.15) is 6.04 Å². The number of para-hydroxylation sites is 2. The van der Waals surface area contributed by atoms with Crippen molar-refractivity contribution in [1.29, 1.82) is 0 Å². The third-order valence-electron chi connectivity index (χ3n) is 5.85. The van der Waals surface area contributed by atoms with Crippen LogP contribution in [0.15, 0.2) is 76.7 Å². The van der Waals surface area contributed by atoms with Crippen molar-refractivity contribution >= 4 is 46.2 Å². The molecule has 1 aliphatic heterocycles. The van der Waals surface area contributed by atoms with Gasteiger partial charge in [-0.2, -0.15) is 0 Å². The van der Waals surface area contributed by atoms with Gasteiger partial charge in [0.2, 0.25) is 5.91 Å². The molecule has 0 saturated carbocycles. The summed E-state index contributed by atoms with van der Waals surface area (Å²) in [6, 6.07) is 13.0. The molecule has 3 heterocycles. The molecule has 0 spiro atoms. The van der Waals surface area contributed by atoms with Gasteiger partial charge in [-0.1, -0.05) is 43.8 Å². The molecule has 0 saturated heterocycles. The highest BCUT2D eigenvalue weighted by molar-refractivity contribution is 7.99. The first-order valence-electron chi connectivity index (χ1n) is 10.8. The predicted molar refractivity (Wildman–Crippen MR) is 132 cm³/mol. The van der Waals surface area contributed by atoms with E-state index in [2.05, 4.69) is 29.1 Å². The van der Waals surface area contributed by atoms with Gasteiger partial charge in [-0.15, -0.1) is 11.3 Å². The number of rotatable bonds is 4. The molecule has 1 atom stereocenters. The molecule has 1 unspecified atom stereocenters. The van der Waals surface area contributed by atoms with Crippen LogP contribution in [0.4, 0.5) is 11.4 Å². The largest absolute Gasteiger partial charge is 0.357 e. The normalized spacial score (nSPS) is 19.4. The van der Waals surface area contributed by atoms with E-state index in [0.29, 0.717) is 17.2 Å². The average molecular weight is 477 g/mol. The molecular formula is C25H24N4O2S2. The number of anilines is 2. The highest BCUT2D eigenvalue weighted by Gasteiger charge is 2.43. The summed E-state index contributed by atoms with van der Waals surface area (Å²) in [5, 5.41) is 6.08. The number of aromatic nitrogens is 2. The number of allylic oxidation sites excluding steroid dienone is 1. The Hall–Kier alpha value is -2.97. The summed E-state index contributed by atoms with van der Waals surface area (Å²) in [7, 11) is 0. The summed E-state index contributed by atoms with van der Waals surface area (Å²) >= 11 is 2.87. The highest BCUT2D eigenvalue weighted by Crippen LogP contribution is 2.49. The van der Waals surface area contributed by atoms with Crippen molar-refractivity contribution in [2.45, 2.75) is 37.9 Å². The Morgan fingerprint density at radius 1 is 1.15 bits per heavy atom. The molecule has 33 heavy (non-hydrogen) atoms. The van der Waals surface area contributed by atoms with Gasteiger partial charge in [0.15, 0.2) is 10.9 Å². The van der Waals surface area contributed by atoms with E-state index in [-0.39, 0.29) is 22.9 Å². The molecule has 2 aliphatic rings. The summed E-state index contributed by atoms with van der Waals surface area (Å²) < 4.78 is 0. The van der Waals surface area contributed by atoms with Crippen molar-refractivity contribution in [2.24, 2.45) is 5.41 Å². The number of nitrogens with one attached hydrogen (secondary N) is 1. The molecule has 6 nitrogen and oxygen atoms in total. The van der Waals surface area contributed by atoms with Crippen LogP contribution in [0.2, 0.25) is 0 Å². The summed E-state index contributed by atoms with van der Waals surface area (Å²) in [5.74, 6) is 0.172. The average Bonchev–Trinajstić information content (AvgIpc) is 3.27. The first-order valence-corrected chi connectivity index (χ1v) is 12.7. The molecular weight excluding hydrogens is 452 g/mol. The van der Waals surface area contributed by atoms with E-state index in [1.54, 1.807) is 34.7 Å². The van der Waals surface area contributed by atoms with E-state index >= 15 is 0 Å². The number of benzene rings is 1. The van der Waals surface area contributed by atoms with Crippen LogP contribution < -0.4 is 10.2 Å². The number of thiophene rings is 1. The number of hydrogen-bond acceptors (Lipinski definition) is 7. The number of amides is 1. The van der Waals surface area contributed by atoms with Crippen molar-refractivity contribution in [3.8, 4) is 0 Å². The molecule has 168 valence electrons. The van der Waals surface area contributed by atoms with Gasteiger partial charge in [0.25, 0.3) is 0 Å². The summed E-state index contributed by atoms with van der Waals surface area (Å²) in [5.41, 5.74) is 3.08. The number of Topliss-reactive ketones (excluding diaryl/α,β-unsaturated/α-hetero) is 1. The number of ketones is 1. The fraction of sp³-hybridized carbons (Fsp3) is 0.280. The molecule has 1 aromatic carbocycles. The minimum Gasteiger partial charge on any atom is -0.357 e. The van der Waals surface area contributed by atoms with Gasteiger partial charge < -0.3 is 5.32 Å². The van der Waals surface area contributed by atoms with Gasteiger partial charge >= 0.3 is 0 Å². The maximum absolute atomic E-state index is 13.8. The van der Waals surface area contributed by atoms with Crippen LogP contribution in [-0.4, -0.2) is 27.4 Å². The van der Waals surface area contributed by atoms with Gasteiger partial charge in [0.05, 0.1) is 17.1 Å². The molecule has 3 aromatic rings. The third kappa shape index (κ3) is 4.32. The molecule has 5 rings (SSSR count). The standard InChI is InChI=1S/C25H24N4O2S2/c1-25(2)13-17-22(19(30)14-25)23(20-9-5-12-32-20)29(18-8-4-3-7-16(18)28-17)21(31)15-33-24-26-10-6-11-27-24/h3-12,23,28H,13-15H2,1-2H3. The van der Waals surface area contributed by atoms with Gasteiger partial charge in [-0.25, -0.2) is 9.97 Å². The van der Waals surface area contributed by atoms with Crippen molar-refractivity contribution in [3.63, 3.8) is 0 Å². The molecule has 0 fully saturated rings. The monoisotopic (exact) mass is 476 g/mol. The lowest BCUT2D eigenvalue weighted by atomic mass is 9.74. The predicted octanol–water partition coefficient (Wildman–Crippen LogP) is 5.47. The van der Waals surface area contributed by atoms with Crippen molar-refractivity contribution < 1.29 is 9.59 Å². The minimum atomic E-state index is -0.468. The number of carbonyl (C=O) groups is 2. The lowest BCUT2D eigenvalue weighted by molar-refractivity contribution is -0.118. The topological polar surface area (TPSA) is 75.2 Å². The smallest absolute Gasteiger partial charge is 0.238 e. The maximum atomic E-state index is 13.8. The van der Waals surface area contributed by atoms with E-state index in [4.69, 9.17) is 0 Å². The van der Waals surface area contributed by atoms with Crippen LogP contribution in [0.25, 0.3) is 0 Å². The zero-order chi connectivity index (χ0) is 23.0. The van der Waals surface area contributed by atoms with E-state index in [1.165, 1.54) is 11.8 Å². The van der Waals surface area contributed by atoms with Crippen LogP contribution in [0, 0.1) is 5.41 Å². The third-order valence-corrected chi connectivity index (χ3v) is 7.63. The molecule has 1 amide bonds. The SMILES string of the molecule is CC1(C)CC(=O)C2=C(C1)Nc1ccccc1N(C(=O)CSc1ncccn1)C2c1cccs1. The Kier molecular flexibility index (Phi) is 5.80. The highest BCUT2D eigenvalue weighted by atomic mass is 32.2. The Morgan fingerprint density at radius 3 is 2.70 bits per heavy atom. The molecule has 0 radical (unpaired) electrons. The molecule has 1 N–H and O–H groups in total. The van der Waals surface area contributed by atoms with Gasteiger partial charge in [0, 0.05) is 35.0 Å². The summed E-state index contributed by atoms with van der Waals surface area (Å²) in [6.45, 7) is 4.24. The van der Waals surface area contributed by atoms with E-state index in [9.17, 15) is 9.59 Å². The van der Waals surface area contributed by atoms with Crippen molar-refractivity contribution in [2.75, 3.05) is 16.0 Å². The summed E-state index contributed by atoms with van der Waals surface area (Å²) in [4.78, 5) is 38.6. The second-order valence-electron chi connectivity index (χ2n) is 8.98. The quantitative estimate of drug-likeness (QED) is 0.397. The number of hydrogen-bond donors (Lipinski definition) is 1. The number of thioether (sulfide) groups is 1. The first-order chi connectivity index (χ1) is 15.9. The Morgan fingerprint density at radius 2 is 1.94 bits per heavy atom. The minimum absolute atomic E-state index is 0.0912. The van der Waals surface area contributed by atoms with Crippen LogP contribution in [0.5, 0.6) is 0 Å². The Balaban J connectivity index is 1.63. The zero-order valence-electron chi connectivity index (χ0n) is 18.4. The maximum Gasteiger partial charge on any atom is 0.238 e. The Labute approximate surface area is 201 Å². The zero-order valence-corrected chi connectivity index (χ0v) is 20.1. The second kappa shape index (κ2) is 8.76. The van der Waals surface area contributed by atoms with E-state index < -0.39 is 6.04 Å². The van der Waals surface area contributed by atoms with Crippen LogP contribution in [-0.2, 0) is 9.59 Å². The molecule has 0 bridgehead atoms. The van der Waals surface area contributed by atoms with Crippen LogP contribution in [0.1, 0.15) is 37.6 Å². The van der Waals surface area contributed by atoms with Crippen molar-refractivity contribution in [3.05, 3.63) is 76.4 Å². The van der Waals surface area contributed by atoms with Gasteiger partial charge in [-0.05, 0) is 41.5 Å². The van der Waals surface area contributed by atoms with Crippen LogP contribution in [0.3, 0.4) is 0 Å². The summed E-state index contributed by atoms with van der Waals surface area (Å²) in [6.07, 6.45) is 4.54. The van der Waals surface area contributed by atoms with Crippen molar-refractivity contribution in [1.82, 2.24) is 9.97 Å². The molecule has 1 aliphatic carbocycles. The second-order valence-corrected chi connectivity index (χ2v) is 10.9. The lowest BCUT2D eigenvalue weighted by Crippen LogP contribution is -2.40. The van der Waals surface area contributed by atoms with Gasteiger partial charge in [-0.3, -0.25) is 14.5 Å². The van der Waals surface area contributed by atoms with Crippen LogP contribution >= 0.6 is 23.1 Å². The lowest BCUT2D eigenvalue weighted by Gasteiger charge is -2.36. The fourth-order valence-corrected chi connectivity index (χ4v) is 6.02. The first kappa shape index (κ1) is 21.9. The molecule has 2 aromatic heterocycles.